The predicted octanol–water partition coefficient (Wildman–Crippen LogP) is 0.533. The van der Waals surface area contributed by atoms with Crippen LogP contribution in [-0.2, 0) is 9.53 Å². The van der Waals surface area contributed by atoms with E-state index >= 15 is 0 Å². The molecule has 0 amide bonds. The average Bonchev–Trinajstić information content (AvgIpc) is 2.23. The average molecular weight is 208 g/mol. The molecule has 0 unspecified atom stereocenters. The number of nitrogens with two attached hydrogens (primary N) is 1. The Morgan fingerprint density at radius 2 is 2.40 bits per heavy atom. The molecule has 0 aliphatic carbocycles. The lowest BCUT2D eigenvalue weighted by molar-refractivity contribution is -0.139. The summed E-state index contributed by atoms with van der Waals surface area (Å²) in [6, 6.07) is 1.53. The van der Waals surface area contributed by atoms with Gasteiger partial charge >= 0.3 is 5.97 Å². The second kappa shape index (κ2) is 4.99. The number of carbonyl (C=O) groups is 1. The number of hydrogen-bond donors (Lipinski definition) is 2. The smallest absolute Gasteiger partial charge is 0.309 e. The van der Waals surface area contributed by atoms with Gasteiger partial charge in [-0.2, -0.15) is 0 Å². The number of methoxy groups -OCH3 is 1. The zero-order valence-corrected chi connectivity index (χ0v) is 8.32. The number of hydrogen-bond acceptors (Lipinski definition) is 4. The number of nitrogen functional groups attached to an aromatic ring is 1. The molecule has 1 aromatic rings. The molecule has 0 atom stereocenters. The second-order valence-electron chi connectivity index (χ2n) is 2.90. The first-order chi connectivity index (χ1) is 7.13. The standard InChI is InChI=1S/C10H12N2O3/c1-15-9(13)4-2-3-7-5-8(11)10(14)12-6-7/h2-3,5-6H,4,11H2,1H3,(H,12,14). The zero-order chi connectivity index (χ0) is 11.3. The summed E-state index contributed by atoms with van der Waals surface area (Å²) in [5.41, 5.74) is 5.97. The molecule has 0 aliphatic heterocycles. The van der Waals surface area contributed by atoms with Crippen molar-refractivity contribution in [2.24, 2.45) is 0 Å². The minimum absolute atomic E-state index is 0.148. The van der Waals surface area contributed by atoms with Gasteiger partial charge in [-0.25, -0.2) is 0 Å². The summed E-state index contributed by atoms with van der Waals surface area (Å²) in [5.74, 6) is -0.316. The van der Waals surface area contributed by atoms with Crippen LogP contribution in [0.3, 0.4) is 0 Å². The fourth-order valence-electron chi connectivity index (χ4n) is 0.990. The molecule has 3 N–H and O–H groups in total. The molecule has 5 heteroatoms. The van der Waals surface area contributed by atoms with Crippen LogP contribution in [0.4, 0.5) is 5.69 Å². The van der Waals surface area contributed by atoms with E-state index in [0.29, 0.717) is 0 Å². The van der Waals surface area contributed by atoms with E-state index in [9.17, 15) is 9.59 Å². The Morgan fingerprint density at radius 3 is 3.00 bits per heavy atom. The number of ether oxygens (including phenoxy) is 1. The van der Waals surface area contributed by atoms with Gasteiger partial charge in [-0.05, 0) is 11.6 Å². The number of H-pyrrole nitrogens is 1. The van der Waals surface area contributed by atoms with Crippen LogP contribution < -0.4 is 11.3 Å². The van der Waals surface area contributed by atoms with Crippen molar-refractivity contribution in [2.75, 3.05) is 12.8 Å². The first-order valence-electron chi connectivity index (χ1n) is 4.35. The van der Waals surface area contributed by atoms with Gasteiger partial charge in [0, 0.05) is 6.20 Å². The van der Waals surface area contributed by atoms with Gasteiger partial charge in [-0.15, -0.1) is 0 Å². The van der Waals surface area contributed by atoms with Crippen LogP contribution in [0.15, 0.2) is 23.1 Å². The summed E-state index contributed by atoms with van der Waals surface area (Å²) < 4.78 is 4.46. The molecule has 0 fully saturated rings. The van der Waals surface area contributed by atoms with E-state index < -0.39 is 0 Å². The summed E-state index contributed by atoms with van der Waals surface area (Å²) in [6.07, 6.45) is 5.03. The van der Waals surface area contributed by atoms with E-state index in [1.165, 1.54) is 19.4 Å². The van der Waals surface area contributed by atoms with E-state index in [1.54, 1.807) is 12.2 Å². The molecule has 80 valence electrons. The Morgan fingerprint density at radius 1 is 1.67 bits per heavy atom. The SMILES string of the molecule is COC(=O)CC=Cc1c[nH]c(=O)c(N)c1. The molecule has 0 bridgehead atoms. The first kappa shape index (κ1) is 11.0. The third-order valence-electron chi connectivity index (χ3n) is 1.78. The van der Waals surface area contributed by atoms with Crippen LogP contribution >= 0.6 is 0 Å². The Hall–Kier alpha value is -2.04. The summed E-state index contributed by atoms with van der Waals surface area (Å²) in [5, 5.41) is 0. The van der Waals surface area contributed by atoms with Crippen molar-refractivity contribution < 1.29 is 9.53 Å². The lowest BCUT2D eigenvalue weighted by Gasteiger charge is -1.95. The van der Waals surface area contributed by atoms with Crippen LogP contribution in [0.1, 0.15) is 12.0 Å². The third-order valence-corrected chi connectivity index (χ3v) is 1.78. The van der Waals surface area contributed by atoms with Gasteiger partial charge in [-0.3, -0.25) is 9.59 Å². The third kappa shape index (κ3) is 3.30. The van der Waals surface area contributed by atoms with Crippen molar-refractivity contribution in [3.63, 3.8) is 0 Å². The van der Waals surface area contributed by atoms with E-state index in [-0.39, 0.29) is 23.6 Å². The molecule has 0 aliphatic rings. The van der Waals surface area contributed by atoms with Crippen molar-refractivity contribution in [3.05, 3.63) is 34.3 Å². The number of rotatable bonds is 3. The van der Waals surface area contributed by atoms with Crippen LogP contribution in [0.2, 0.25) is 0 Å². The fourth-order valence-corrected chi connectivity index (χ4v) is 0.990. The highest BCUT2D eigenvalue weighted by molar-refractivity contribution is 5.72. The van der Waals surface area contributed by atoms with Crippen LogP contribution in [0.25, 0.3) is 6.08 Å². The lowest BCUT2D eigenvalue weighted by Crippen LogP contribution is -2.10. The number of aromatic nitrogens is 1. The second-order valence-corrected chi connectivity index (χ2v) is 2.90. The molecule has 15 heavy (non-hydrogen) atoms. The maximum Gasteiger partial charge on any atom is 0.309 e. The molecule has 0 aromatic carbocycles. The summed E-state index contributed by atoms with van der Waals surface area (Å²) in [6.45, 7) is 0. The topological polar surface area (TPSA) is 85.2 Å². The summed E-state index contributed by atoms with van der Waals surface area (Å²) >= 11 is 0. The molecule has 0 radical (unpaired) electrons. The van der Waals surface area contributed by atoms with Crippen molar-refractivity contribution >= 4 is 17.7 Å². The number of anilines is 1. The lowest BCUT2D eigenvalue weighted by atomic mass is 10.2. The van der Waals surface area contributed by atoms with Crippen molar-refractivity contribution in [1.82, 2.24) is 4.98 Å². The fraction of sp³-hybridized carbons (Fsp3) is 0.200. The maximum absolute atomic E-state index is 10.9. The van der Waals surface area contributed by atoms with Crippen molar-refractivity contribution in [2.45, 2.75) is 6.42 Å². The Kier molecular flexibility index (Phi) is 3.68. The maximum atomic E-state index is 10.9. The molecule has 1 aromatic heterocycles. The van der Waals surface area contributed by atoms with E-state index in [0.717, 1.165) is 5.56 Å². The molecule has 1 rings (SSSR count). The highest BCUT2D eigenvalue weighted by Gasteiger charge is 1.96. The molecule has 5 nitrogen and oxygen atoms in total. The van der Waals surface area contributed by atoms with Gasteiger partial charge in [0.1, 0.15) is 0 Å². The number of aromatic amines is 1. The molecule has 0 saturated heterocycles. The van der Waals surface area contributed by atoms with Crippen molar-refractivity contribution in [3.8, 4) is 0 Å². The number of nitrogens with one attached hydrogen (secondary N) is 1. The van der Waals surface area contributed by atoms with E-state index in [2.05, 4.69) is 9.72 Å². The molecule has 1 heterocycles. The highest BCUT2D eigenvalue weighted by atomic mass is 16.5. The van der Waals surface area contributed by atoms with Gasteiger partial charge < -0.3 is 15.5 Å². The van der Waals surface area contributed by atoms with E-state index in [1.807, 2.05) is 0 Å². The van der Waals surface area contributed by atoms with Gasteiger partial charge in [0.25, 0.3) is 5.56 Å². The quantitative estimate of drug-likeness (QED) is 0.709. The van der Waals surface area contributed by atoms with Crippen LogP contribution in [0.5, 0.6) is 0 Å². The number of carbonyl (C=O) groups excluding carboxylic acids is 1. The summed E-state index contributed by atoms with van der Waals surface area (Å²) in [7, 11) is 1.33. The predicted molar refractivity (Wildman–Crippen MR) is 57.1 cm³/mol. The Labute approximate surface area is 86.6 Å². The van der Waals surface area contributed by atoms with Crippen LogP contribution in [-0.4, -0.2) is 18.1 Å². The van der Waals surface area contributed by atoms with E-state index in [4.69, 9.17) is 5.73 Å². The monoisotopic (exact) mass is 208 g/mol. The number of pyridine rings is 1. The molecular weight excluding hydrogens is 196 g/mol. The van der Waals surface area contributed by atoms with Gasteiger partial charge in [-0.1, -0.05) is 12.2 Å². The zero-order valence-electron chi connectivity index (χ0n) is 8.32. The summed E-state index contributed by atoms with van der Waals surface area (Å²) in [4.78, 5) is 24.2. The van der Waals surface area contributed by atoms with Gasteiger partial charge in [0.15, 0.2) is 0 Å². The van der Waals surface area contributed by atoms with Crippen LogP contribution in [0, 0.1) is 0 Å². The minimum atomic E-state index is -0.319. The largest absolute Gasteiger partial charge is 0.469 e. The Bertz CT molecular complexity index is 435. The van der Waals surface area contributed by atoms with Gasteiger partial charge in [0.05, 0.1) is 19.2 Å². The highest BCUT2D eigenvalue weighted by Crippen LogP contribution is 2.03. The minimum Gasteiger partial charge on any atom is -0.469 e. The first-order valence-corrected chi connectivity index (χ1v) is 4.35. The molecular formula is C10H12N2O3. The normalized spacial score (nSPS) is 10.5. The van der Waals surface area contributed by atoms with Crippen molar-refractivity contribution in [1.29, 1.82) is 0 Å². The molecule has 0 spiro atoms. The number of esters is 1. The molecule has 0 saturated carbocycles. The van der Waals surface area contributed by atoms with Gasteiger partial charge in [0.2, 0.25) is 0 Å². The Balaban J connectivity index is 2.69.